The van der Waals surface area contributed by atoms with Gasteiger partial charge in [0, 0.05) is 12.1 Å². The van der Waals surface area contributed by atoms with E-state index in [4.69, 9.17) is 4.42 Å². The van der Waals surface area contributed by atoms with Gasteiger partial charge in [-0.25, -0.2) is 0 Å². The predicted molar refractivity (Wildman–Crippen MR) is 65.2 cm³/mol. The summed E-state index contributed by atoms with van der Waals surface area (Å²) in [6.45, 7) is 0.690. The molecular weight excluding hydrogens is 230 g/mol. The Labute approximate surface area is 103 Å². The van der Waals surface area contributed by atoms with E-state index < -0.39 is 0 Å². The molecule has 0 aliphatic rings. The summed E-state index contributed by atoms with van der Waals surface area (Å²) in [7, 11) is 0. The van der Waals surface area contributed by atoms with Crippen LogP contribution in [0, 0.1) is 0 Å². The number of rotatable bonds is 4. The summed E-state index contributed by atoms with van der Waals surface area (Å²) in [5.74, 6) is 0. The first kappa shape index (κ1) is 10.5. The van der Waals surface area contributed by atoms with Crippen molar-refractivity contribution < 1.29 is 4.42 Å². The number of nitrogens with one attached hydrogen (secondary N) is 1. The van der Waals surface area contributed by atoms with E-state index in [2.05, 4.69) is 20.8 Å². The normalized spacial score (nSPS) is 10.4. The monoisotopic (exact) mass is 241 g/mol. The molecule has 2 heterocycles. The number of aromatic nitrogens is 4. The second-order valence-electron chi connectivity index (χ2n) is 3.76. The lowest BCUT2D eigenvalue weighted by Gasteiger charge is -2.09. The molecule has 0 amide bonds. The van der Waals surface area contributed by atoms with Crippen LogP contribution in [0.3, 0.4) is 0 Å². The van der Waals surface area contributed by atoms with Crippen molar-refractivity contribution in [1.82, 2.24) is 20.2 Å². The zero-order chi connectivity index (χ0) is 12.2. The van der Waals surface area contributed by atoms with Crippen LogP contribution in [0.25, 0.3) is 5.69 Å². The van der Waals surface area contributed by atoms with Crippen LogP contribution in [0.5, 0.6) is 0 Å². The van der Waals surface area contributed by atoms with Crippen molar-refractivity contribution in [3.05, 3.63) is 54.7 Å². The molecule has 90 valence electrons. The Morgan fingerprint density at radius 1 is 1.22 bits per heavy atom. The molecule has 0 saturated carbocycles. The molecule has 0 atom stereocenters. The maximum absolute atomic E-state index is 5.03. The van der Waals surface area contributed by atoms with Gasteiger partial charge in [0.25, 0.3) is 0 Å². The third-order valence-corrected chi connectivity index (χ3v) is 2.56. The van der Waals surface area contributed by atoms with Crippen molar-refractivity contribution in [3.8, 4) is 5.69 Å². The number of hydrogen-bond donors (Lipinski definition) is 1. The van der Waals surface area contributed by atoms with Gasteiger partial charge in [0.05, 0.1) is 23.9 Å². The van der Waals surface area contributed by atoms with E-state index >= 15 is 0 Å². The lowest BCUT2D eigenvalue weighted by atomic mass is 10.2. The Morgan fingerprint density at radius 3 is 2.94 bits per heavy atom. The molecule has 1 aromatic carbocycles. The average Bonchev–Trinajstić information content (AvgIpc) is 3.10. The molecule has 0 saturated heterocycles. The van der Waals surface area contributed by atoms with Gasteiger partial charge in [0.1, 0.15) is 6.33 Å². The molecule has 0 aliphatic heterocycles. The zero-order valence-electron chi connectivity index (χ0n) is 9.52. The third kappa shape index (κ3) is 2.08. The van der Waals surface area contributed by atoms with Crippen molar-refractivity contribution in [2.45, 2.75) is 6.54 Å². The van der Waals surface area contributed by atoms with Crippen LogP contribution in [0.4, 0.5) is 5.69 Å². The molecule has 0 spiro atoms. The molecule has 0 bridgehead atoms. The van der Waals surface area contributed by atoms with Gasteiger partial charge in [-0.2, -0.15) is 4.68 Å². The lowest BCUT2D eigenvalue weighted by molar-refractivity contribution is 0.564. The van der Waals surface area contributed by atoms with Crippen LogP contribution in [-0.4, -0.2) is 20.2 Å². The third-order valence-electron chi connectivity index (χ3n) is 2.56. The van der Waals surface area contributed by atoms with Crippen LogP contribution < -0.4 is 5.32 Å². The fourth-order valence-corrected chi connectivity index (χ4v) is 1.69. The van der Waals surface area contributed by atoms with Crippen LogP contribution >= 0.6 is 0 Å². The van der Waals surface area contributed by atoms with Crippen LogP contribution in [0.1, 0.15) is 5.56 Å². The smallest absolute Gasteiger partial charge is 0.143 e. The van der Waals surface area contributed by atoms with Gasteiger partial charge in [0.2, 0.25) is 0 Å². The van der Waals surface area contributed by atoms with E-state index in [0.29, 0.717) is 6.54 Å². The molecule has 0 radical (unpaired) electrons. The van der Waals surface area contributed by atoms with Gasteiger partial charge in [-0.05, 0) is 28.6 Å². The molecule has 0 aliphatic carbocycles. The van der Waals surface area contributed by atoms with E-state index in [-0.39, 0.29) is 0 Å². The summed E-state index contributed by atoms with van der Waals surface area (Å²) < 4.78 is 6.65. The Morgan fingerprint density at radius 2 is 2.17 bits per heavy atom. The highest BCUT2D eigenvalue weighted by Crippen LogP contribution is 2.19. The van der Waals surface area contributed by atoms with E-state index in [1.165, 1.54) is 0 Å². The highest BCUT2D eigenvalue weighted by molar-refractivity contribution is 5.60. The SMILES string of the molecule is c1ccc(-n2cnnn2)c(NCc2ccoc2)c1. The second kappa shape index (κ2) is 4.70. The van der Waals surface area contributed by atoms with Crippen LogP contribution in [0.15, 0.2) is 53.6 Å². The van der Waals surface area contributed by atoms with Gasteiger partial charge in [-0.1, -0.05) is 12.1 Å². The zero-order valence-corrected chi connectivity index (χ0v) is 9.52. The highest BCUT2D eigenvalue weighted by atomic mass is 16.3. The molecular formula is C12H11N5O. The first-order valence-corrected chi connectivity index (χ1v) is 5.51. The summed E-state index contributed by atoms with van der Waals surface area (Å²) in [6.07, 6.45) is 4.94. The number of nitrogens with zero attached hydrogens (tertiary/aromatic N) is 4. The Balaban J connectivity index is 1.84. The lowest BCUT2D eigenvalue weighted by Crippen LogP contribution is -2.04. The maximum atomic E-state index is 5.03. The molecule has 3 rings (SSSR count). The summed E-state index contributed by atoms with van der Waals surface area (Å²) in [5.41, 5.74) is 2.96. The van der Waals surface area contributed by atoms with E-state index in [0.717, 1.165) is 16.9 Å². The van der Waals surface area contributed by atoms with Gasteiger partial charge in [-0.15, -0.1) is 5.10 Å². The van der Waals surface area contributed by atoms with E-state index in [1.807, 2.05) is 30.3 Å². The minimum Gasteiger partial charge on any atom is -0.472 e. The van der Waals surface area contributed by atoms with Crippen molar-refractivity contribution in [3.63, 3.8) is 0 Å². The van der Waals surface area contributed by atoms with Crippen LogP contribution in [-0.2, 0) is 6.54 Å². The summed E-state index contributed by atoms with van der Waals surface area (Å²) in [4.78, 5) is 0. The molecule has 2 aromatic heterocycles. The quantitative estimate of drug-likeness (QED) is 0.755. The van der Waals surface area contributed by atoms with Gasteiger partial charge in [0.15, 0.2) is 0 Å². The minimum atomic E-state index is 0.690. The predicted octanol–water partition coefficient (Wildman–Crippen LogP) is 1.87. The van der Waals surface area contributed by atoms with Gasteiger partial charge in [-0.3, -0.25) is 0 Å². The summed E-state index contributed by atoms with van der Waals surface area (Å²) in [5, 5.41) is 14.5. The maximum Gasteiger partial charge on any atom is 0.143 e. The average molecular weight is 241 g/mol. The standard InChI is InChI=1S/C12H11N5O/c1-2-4-12(17-9-14-15-16-17)11(3-1)13-7-10-5-6-18-8-10/h1-6,8-9,13H,7H2. The fraction of sp³-hybridized carbons (Fsp3) is 0.0833. The molecule has 18 heavy (non-hydrogen) atoms. The Hall–Kier alpha value is -2.63. The molecule has 3 aromatic rings. The fourth-order valence-electron chi connectivity index (χ4n) is 1.69. The van der Waals surface area contributed by atoms with Gasteiger partial charge >= 0.3 is 0 Å². The topological polar surface area (TPSA) is 68.8 Å². The molecule has 0 fully saturated rings. The van der Waals surface area contributed by atoms with Gasteiger partial charge < -0.3 is 9.73 Å². The van der Waals surface area contributed by atoms with Crippen molar-refractivity contribution in [1.29, 1.82) is 0 Å². The van der Waals surface area contributed by atoms with E-state index in [1.54, 1.807) is 23.5 Å². The van der Waals surface area contributed by atoms with Crippen LogP contribution in [0.2, 0.25) is 0 Å². The molecule has 6 nitrogen and oxygen atoms in total. The first-order chi connectivity index (χ1) is 8.93. The largest absolute Gasteiger partial charge is 0.472 e. The van der Waals surface area contributed by atoms with Crippen molar-refractivity contribution in [2.24, 2.45) is 0 Å². The Kier molecular flexibility index (Phi) is 2.75. The number of para-hydroxylation sites is 2. The summed E-state index contributed by atoms with van der Waals surface area (Å²) in [6, 6.07) is 9.77. The molecule has 0 unspecified atom stereocenters. The number of furan rings is 1. The number of tetrazole rings is 1. The summed E-state index contributed by atoms with van der Waals surface area (Å²) >= 11 is 0. The Bertz CT molecular complexity index is 603. The van der Waals surface area contributed by atoms with Crippen molar-refractivity contribution in [2.75, 3.05) is 5.32 Å². The van der Waals surface area contributed by atoms with Crippen molar-refractivity contribution >= 4 is 5.69 Å². The molecule has 6 heteroatoms. The number of benzene rings is 1. The number of hydrogen-bond acceptors (Lipinski definition) is 5. The second-order valence-corrected chi connectivity index (χ2v) is 3.76. The number of anilines is 1. The minimum absolute atomic E-state index is 0.690. The van der Waals surface area contributed by atoms with E-state index in [9.17, 15) is 0 Å². The first-order valence-electron chi connectivity index (χ1n) is 5.51. The highest BCUT2D eigenvalue weighted by Gasteiger charge is 2.04. The molecule has 1 N–H and O–H groups in total.